The van der Waals surface area contributed by atoms with Crippen LogP contribution in [-0.4, -0.2) is 19.5 Å². The first-order chi connectivity index (χ1) is 5.20. The lowest BCUT2D eigenvalue weighted by atomic mass is 9.98. The molecule has 0 amide bonds. The van der Waals surface area contributed by atoms with Gasteiger partial charge in [-0.25, -0.2) is 0 Å². The molecule has 0 unspecified atom stereocenters. The van der Waals surface area contributed by atoms with Crippen molar-refractivity contribution < 1.29 is 0 Å². The van der Waals surface area contributed by atoms with Gasteiger partial charge in [-0.3, -0.25) is 0 Å². The first kappa shape index (κ1) is 7.80. The molecule has 11 heavy (non-hydrogen) atoms. The molecule has 0 fully saturated rings. The van der Waals surface area contributed by atoms with Crippen LogP contribution in [0.15, 0.2) is 10.9 Å². The number of hydrogen-bond acceptors (Lipinski definition) is 0. The Balaban J connectivity index is 2.29. The number of hydrogen-bond donors (Lipinski definition) is 0. The van der Waals surface area contributed by atoms with E-state index in [1.54, 1.807) is 0 Å². The van der Waals surface area contributed by atoms with Crippen molar-refractivity contribution in [1.82, 2.24) is 0 Å². The van der Waals surface area contributed by atoms with Gasteiger partial charge >= 0.3 is 0 Å². The van der Waals surface area contributed by atoms with Crippen LogP contribution in [0.4, 0.5) is 0 Å². The Bertz CT molecular complexity index is 201. The Morgan fingerprint density at radius 3 is 2.45 bits per heavy atom. The van der Waals surface area contributed by atoms with E-state index in [9.17, 15) is 0 Å². The maximum Gasteiger partial charge on any atom is 0.0703 e. The summed E-state index contributed by atoms with van der Waals surface area (Å²) in [6.45, 7) is 5.06. The van der Waals surface area contributed by atoms with Crippen LogP contribution in [0.5, 0.6) is 0 Å². The maximum absolute atomic E-state index is 2.53. The molecule has 0 nitrogen and oxygen atoms in total. The van der Waals surface area contributed by atoms with Gasteiger partial charge in [-0.1, -0.05) is 0 Å². The highest BCUT2D eigenvalue weighted by Gasteiger charge is 2.39. The van der Waals surface area contributed by atoms with E-state index in [1.165, 1.54) is 38.3 Å². The average Bonchev–Trinajstić information content (AvgIpc) is 2.29. The summed E-state index contributed by atoms with van der Waals surface area (Å²) in [5.74, 6) is 0. The Morgan fingerprint density at radius 1 is 1.00 bits per heavy atom. The van der Waals surface area contributed by atoms with Gasteiger partial charge < -0.3 is 0 Å². The van der Waals surface area contributed by atoms with Crippen molar-refractivity contribution in [2.24, 2.45) is 0 Å². The molecule has 0 spiro atoms. The zero-order valence-electron chi connectivity index (χ0n) is 7.69. The monoisotopic (exact) mass is 169 g/mol. The SMILES string of the molecule is C[P+]1(C)CCC2=C1CCCC2. The van der Waals surface area contributed by atoms with E-state index in [0.29, 0.717) is 0 Å². The molecule has 2 aliphatic rings. The van der Waals surface area contributed by atoms with Crippen LogP contribution in [0.2, 0.25) is 0 Å². The minimum absolute atomic E-state index is 0.545. The summed E-state index contributed by atoms with van der Waals surface area (Å²) in [6, 6.07) is 0. The van der Waals surface area contributed by atoms with Gasteiger partial charge in [0, 0.05) is 20.1 Å². The van der Waals surface area contributed by atoms with Crippen molar-refractivity contribution in [2.45, 2.75) is 32.1 Å². The van der Waals surface area contributed by atoms with Gasteiger partial charge in [0.15, 0.2) is 0 Å². The standard InChI is InChI=1S/C10H18P/c1-11(2)8-7-9-5-3-4-6-10(9)11/h3-8H2,1-2H3/q+1. The summed E-state index contributed by atoms with van der Waals surface area (Å²) in [5, 5.41) is 1.93. The van der Waals surface area contributed by atoms with Gasteiger partial charge in [0.05, 0.1) is 24.8 Å². The molecule has 0 atom stereocenters. The largest absolute Gasteiger partial charge is 0.0703 e. The van der Waals surface area contributed by atoms with Crippen molar-refractivity contribution in [2.75, 3.05) is 19.5 Å². The summed E-state index contributed by atoms with van der Waals surface area (Å²) in [7, 11) is -0.545. The molecular formula is C10H18P+. The third-order valence-corrected chi connectivity index (χ3v) is 6.60. The van der Waals surface area contributed by atoms with Crippen molar-refractivity contribution >= 4 is 7.26 Å². The molecule has 0 aromatic carbocycles. The highest BCUT2D eigenvalue weighted by molar-refractivity contribution is 7.78. The maximum atomic E-state index is 2.53. The normalized spacial score (nSPS) is 28.9. The molecule has 1 heteroatoms. The lowest BCUT2D eigenvalue weighted by Crippen LogP contribution is -1.96. The van der Waals surface area contributed by atoms with Crippen molar-refractivity contribution in [3.05, 3.63) is 10.9 Å². The topological polar surface area (TPSA) is 0 Å². The van der Waals surface area contributed by atoms with Crippen LogP contribution < -0.4 is 0 Å². The van der Waals surface area contributed by atoms with E-state index >= 15 is 0 Å². The molecule has 2 rings (SSSR count). The van der Waals surface area contributed by atoms with Crippen molar-refractivity contribution in [1.29, 1.82) is 0 Å². The Morgan fingerprint density at radius 2 is 1.73 bits per heavy atom. The third kappa shape index (κ3) is 1.26. The molecule has 1 heterocycles. The molecule has 0 aromatic heterocycles. The molecule has 0 saturated carbocycles. The molecule has 0 radical (unpaired) electrons. The predicted octanol–water partition coefficient (Wildman–Crippen LogP) is 3.50. The van der Waals surface area contributed by atoms with E-state index in [1.807, 2.05) is 10.9 Å². The molecule has 62 valence electrons. The smallest absolute Gasteiger partial charge is 0.0490 e. The van der Waals surface area contributed by atoms with Crippen LogP contribution in [-0.2, 0) is 0 Å². The quantitative estimate of drug-likeness (QED) is 0.487. The van der Waals surface area contributed by atoms with E-state index in [0.717, 1.165) is 0 Å². The van der Waals surface area contributed by atoms with Gasteiger partial charge in [-0.15, -0.1) is 0 Å². The summed E-state index contributed by atoms with van der Waals surface area (Å²) < 4.78 is 0. The van der Waals surface area contributed by atoms with Gasteiger partial charge in [0.25, 0.3) is 0 Å². The zero-order valence-corrected chi connectivity index (χ0v) is 8.58. The molecule has 1 aliphatic heterocycles. The summed E-state index contributed by atoms with van der Waals surface area (Å²) in [4.78, 5) is 0. The second-order valence-electron chi connectivity index (χ2n) is 4.42. The minimum atomic E-state index is -0.545. The van der Waals surface area contributed by atoms with Crippen LogP contribution in [0.1, 0.15) is 32.1 Å². The van der Waals surface area contributed by atoms with Gasteiger partial charge in [0.1, 0.15) is 0 Å². The number of allylic oxidation sites excluding steroid dienone is 2. The highest BCUT2D eigenvalue weighted by Crippen LogP contribution is 2.68. The third-order valence-electron chi connectivity index (χ3n) is 3.25. The Labute approximate surface area is 70.4 Å². The lowest BCUT2D eigenvalue weighted by Gasteiger charge is -2.18. The Kier molecular flexibility index (Phi) is 1.84. The van der Waals surface area contributed by atoms with Crippen molar-refractivity contribution in [3.63, 3.8) is 0 Å². The lowest BCUT2D eigenvalue weighted by molar-refractivity contribution is 0.685. The molecule has 0 aromatic rings. The molecule has 1 aliphatic carbocycles. The second-order valence-corrected chi connectivity index (χ2v) is 8.77. The first-order valence-corrected chi connectivity index (χ1v) is 7.61. The fraction of sp³-hybridized carbons (Fsp3) is 0.800. The summed E-state index contributed by atoms with van der Waals surface area (Å²) in [6.07, 6.45) is 8.82. The molecular weight excluding hydrogens is 151 g/mol. The molecule has 0 bridgehead atoms. The van der Waals surface area contributed by atoms with Crippen LogP contribution in [0, 0.1) is 0 Å². The van der Waals surface area contributed by atoms with Crippen molar-refractivity contribution in [3.8, 4) is 0 Å². The van der Waals surface area contributed by atoms with E-state index in [2.05, 4.69) is 13.3 Å². The summed E-state index contributed by atoms with van der Waals surface area (Å²) >= 11 is 0. The fourth-order valence-electron chi connectivity index (χ4n) is 2.50. The second kappa shape index (κ2) is 2.59. The van der Waals surface area contributed by atoms with Gasteiger partial charge in [-0.2, -0.15) is 0 Å². The van der Waals surface area contributed by atoms with E-state index in [-0.39, 0.29) is 0 Å². The van der Waals surface area contributed by atoms with Crippen LogP contribution >= 0.6 is 7.26 Å². The van der Waals surface area contributed by atoms with E-state index < -0.39 is 7.26 Å². The van der Waals surface area contributed by atoms with Gasteiger partial charge in [0.2, 0.25) is 0 Å². The fourth-order valence-corrected chi connectivity index (χ4v) is 5.44. The first-order valence-electron chi connectivity index (χ1n) is 4.74. The highest BCUT2D eigenvalue weighted by atomic mass is 31.2. The minimum Gasteiger partial charge on any atom is -0.0490 e. The predicted molar refractivity (Wildman–Crippen MR) is 53.7 cm³/mol. The average molecular weight is 169 g/mol. The molecule has 0 N–H and O–H groups in total. The molecule has 0 saturated heterocycles. The Hall–Kier alpha value is 0.170. The van der Waals surface area contributed by atoms with Gasteiger partial charge in [-0.05, 0) is 24.8 Å². The van der Waals surface area contributed by atoms with Crippen LogP contribution in [0.3, 0.4) is 0 Å². The number of rotatable bonds is 0. The van der Waals surface area contributed by atoms with E-state index in [4.69, 9.17) is 0 Å². The van der Waals surface area contributed by atoms with Crippen LogP contribution in [0.25, 0.3) is 0 Å². The summed E-state index contributed by atoms with van der Waals surface area (Å²) in [5.41, 5.74) is 1.87. The zero-order chi connectivity index (χ0) is 7.90.